The van der Waals surface area contributed by atoms with Crippen molar-refractivity contribution in [3.8, 4) is 23.0 Å². The predicted molar refractivity (Wildman–Crippen MR) is 130 cm³/mol. The molecule has 1 aliphatic rings. The number of ether oxygens (including phenoxy) is 4. The second-order valence-corrected chi connectivity index (χ2v) is 6.75. The highest BCUT2D eigenvalue weighted by Gasteiger charge is 2.21. The van der Waals surface area contributed by atoms with Crippen molar-refractivity contribution in [2.45, 2.75) is 32.9 Å². The van der Waals surface area contributed by atoms with E-state index in [0.29, 0.717) is 30.6 Å². The van der Waals surface area contributed by atoms with Gasteiger partial charge in [-0.3, -0.25) is 4.99 Å². The van der Waals surface area contributed by atoms with Crippen molar-refractivity contribution >= 4 is 35.6 Å². The van der Waals surface area contributed by atoms with Gasteiger partial charge in [-0.1, -0.05) is 0 Å². The zero-order valence-electron chi connectivity index (χ0n) is 18.1. The Kier molecular flexibility index (Phi) is 8.88. The van der Waals surface area contributed by atoms with Crippen molar-refractivity contribution in [3.05, 3.63) is 41.5 Å². The maximum absolute atomic E-state index is 5.88. The van der Waals surface area contributed by atoms with Gasteiger partial charge in [0.25, 0.3) is 0 Å². The maximum Gasteiger partial charge on any atom is 0.195 e. The number of methoxy groups -OCH3 is 2. The molecule has 0 fully saturated rings. The van der Waals surface area contributed by atoms with Crippen LogP contribution in [0.3, 0.4) is 0 Å². The highest BCUT2D eigenvalue weighted by Crippen LogP contribution is 2.35. The van der Waals surface area contributed by atoms with Crippen LogP contribution >= 0.6 is 24.0 Å². The minimum Gasteiger partial charge on any atom is -0.496 e. The quantitative estimate of drug-likeness (QED) is 0.319. The van der Waals surface area contributed by atoms with E-state index in [9.17, 15) is 0 Å². The highest BCUT2D eigenvalue weighted by molar-refractivity contribution is 14.0. The van der Waals surface area contributed by atoms with Gasteiger partial charge in [-0.05, 0) is 38.1 Å². The second kappa shape index (κ2) is 11.1. The molecule has 2 aromatic carbocycles. The van der Waals surface area contributed by atoms with Crippen LogP contribution in [0.25, 0.3) is 0 Å². The molecule has 1 aliphatic heterocycles. The van der Waals surface area contributed by atoms with Gasteiger partial charge in [-0.15, -0.1) is 24.0 Å². The van der Waals surface area contributed by atoms with Gasteiger partial charge in [0.2, 0.25) is 0 Å². The zero-order valence-corrected chi connectivity index (χ0v) is 20.4. The Morgan fingerprint density at radius 2 is 1.90 bits per heavy atom. The van der Waals surface area contributed by atoms with Crippen molar-refractivity contribution in [2.24, 2.45) is 4.99 Å². The summed E-state index contributed by atoms with van der Waals surface area (Å²) in [6.07, 6.45) is 1.10. The zero-order chi connectivity index (χ0) is 20.8. The van der Waals surface area contributed by atoms with Gasteiger partial charge in [0, 0.05) is 42.9 Å². The van der Waals surface area contributed by atoms with E-state index >= 15 is 0 Å². The average Bonchev–Trinajstić information content (AvgIpc) is 3.10. The third-order valence-corrected chi connectivity index (χ3v) is 4.70. The van der Waals surface area contributed by atoms with Gasteiger partial charge < -0.3 is 29.6 Å². The van der Waals surface area contributed by atoms with Crippen LogP contribution in [0.2, 0.25) is 0 Å². The van der Waals surface area contributed by atoms with Crippen LogP contribution in [0.15, 0.2) is 35.3 Å². The number of aliphatic imine (C=N–C) groups is 1. The molecule has 164 valence electrons. The molecule has 2 N–H and O–H groups in total. The summed E-state index contributed by atoms with van der Waals surface area (Å²) in [5.74, 6) is 3.77. The number of anilines is 1. The molecule has 0 aromatic heterocycles. The Hall–Kier alpha value is -2.36. The lowest BCUT2D eigenvalue weighted by molar-refractivity contribution is 0.254. The second-order valence-electron chi connectivity index (χ2n) is 6.75. The van der Waals surface area contributed by atoms with Gasteiger partial charge in [0.15, 0.2) is 17.5 Å². The monoisotopic (exact) mass is 527 g/mol. The van der Waals surface area contributed by atoms with Crippen LogP contribution in [0, 0.1) is 0 Å². The van der Waals surface area contributed by atoms with Gasteiger partial charge in [0.05, 0.1) is 20.8 Å². The van der Waals surface area contributed by atoms with Crippen LogP contribution in [0.5, 0.6) is 23.0 Å². The first-order valence-electron chi connectivity index (χ1n) is 9.72. The van der Waals surface area contributed by atoms with Crippen LogP contribution in [0.1, 0.15) is 25.0 Å². The fourth-order valence-corrected chi connectivity index (χ4v) is 3.32. The van der Waals surface area contributed by atoms with Gasteiger partial charge in [-0.2, -0.15) is 0 Å². The Labute approximate surface area is 195 Å². The first-order valence-corrected chi connectivity index (χ1v) is 9.72. The van der Waals surface area contributed by atoms with Crippen LogP contribution in [-0.2, 0) is 13.0 Å². The first kappa shape index (κ1) is 23.9. The maximum atomic E-state index is 5.88. The Balaban J connectivity index is 0.00000320. The van der Waals surface area contributed by atoms with E-state index in [4.69, 9.17) is 18.9 Å². The first-order chi connectivity index (χ1) is 14.1. The Morgan fingerprint density at radius 1 is 1.13 bits per heavy atom. The van der Waals surface area contributed by atoms with Crippen LogP contribution in [0.4, 0.5) is 5.69 Å². The van der Waals surface area contributed by atoms with Gasteiger partial charge in [-0.25, -0.2) is 0 Å². The van der Waals surface area contributed by atoms with E-state index in [1.54, 1.807) is 21.3 Å². The molecule has 0 bridgehead atoms. The van der Waals surface area contributed by atoms with E-state index in [0.717, 1.165) is 29.2 Å². The van der Waals surface area contributed by atoms with Crippen molar-refractivity contribution in [2.75, 3.05) is 33.2 Å². The molecule has 1 heterocycles. The number of fused-ring (bicyclic) bond motifs is 1. The highest BCUT2D eigenvalue weighted by atomic mass is 127. The lowest BCUT2D eigenvalue weighted by Gasteiger charge is -2.16. The largest absolute Gasteiger partial charge is 0.496 e. The number of guanidine groups is 1. The molecule has 3 rings (SSSR count). The minimum atomic E-state index is 0. The molecule has 1 atom stereocenters. The number of benzene rings is 2. The third kappa shape index (κ3) is 5.62. The van der Waals surface area contributed by atoms with Crippen molar-refractivity contribution in [1.82, 2.24) is 5.32 Å². The topological polar surface area (TPSA) is 73.3 Å². The predicted octanol–water partition coefficient (Wildman–Crippen LogP) is 4.23. The number of nitrogens with one attached hydrogen (secondary N) is 2. The summed E-state index contributed by atoms with van der Waals surface area (Å²) in [5.41, 5.74) is 3.03. The van der Waals surface area contributed by atoms with E-state index in [-0.39, 0.29) is 30.1 Å². The summed E-state index contributed by atoms with van der Waals surface area (Å²) in [6, 6.07) is 9.77. The normalized spacial score (nSPS) is 14.8. The molecule has 7 nitrogen and oxygen atoms in total. The smallest absolute Gasteiger partial charge is 0.195 e. The summed E-state index contributed by atoms with van der Waals surface area (Å²) in [7, 11) is 5.04. The Bertz CT molecular complexity index is 889. The molecule has 8 heteroatoms. The fraction of sp³-hybridized carbons (Fsp3) is 0.409. The number of halogens is 1. The van der Waals surface area contributed by atoms with Crippen molar-refractivity contribution in [1.29, 1.82) is 0 Å². The number of hydrogen-bond acceptors (Lipinski definition) is 5. The van der Waals surface area contributed by atoms with Crippen LogP contribution in [-0.4, -0.2) is 39.9 Å². The SMILES string of the molecule is CCOc1ccc(NC(=NC)NCc2cc3c(cc2OC)CC(C)O3)cc1OC.I. The molecular weight excluding hydrogens is 497 g/mol. The summed E-state index contributed by atoms with van der Waals surface area (Å²) in [6.45, 7) is 5.14. The summed E-state index contributed by atoms with van der Waals surface area (Å²) in [5, 5.41) is 6.59. The third-order valence-electron chi connectivity index (χ3n) is 4.70. The molecular formula is C22H30IN3O4. The number of hydrogen-bond donors (Lipinski definition) is 2. The van der Waals surface area contributed by atoms with E-state index in [1.807, 2.05) is 31.2 Å². The van der Waals surface area contributed by atoms with Crippen molar-refractivity contribution in [3.63, 3.8) is 0 Å². The molecule has 0 saturated heterocycles. The number of nitrogens with zero attached hydrogens (tertiary/aromatic N) is 1. The average molecular weight is 527 g/mol. The molecule has 0 spiro atoms. The molecule has 0 amide bonds. The molecule has 30 heavy (non-hydrogen) atoms. The minimum absolute atomic E-state index is 0. The van der Waals surface area contributed by atoms with Gasteiger partial charge in [0.1, 0.15) is 17.6 Å². The molecule has 0 aliphatic carbocycles. The van der Waals surface area contributed by atoms with Gasteiger partial charge >= 0.3 is 0 Å². The summed E-state index contributed by atoms with van der Waals surface area (Å²) < 4.78 is 22.4. The number of rotatable bonds is 7. The Morgan fingerprint density at radius 3 is 2.57 bits per heavy atom. The lowest BCUT2D eigenvalue weighted by Crippen LogP contribution is -2.30. The fourth-order valence-electron chi connectivity index (χ4n) is 3.32. The van der Waals surface area contributed by atoms with Crippen LogP contribution < -0.4 is 29.6 Å². The molecule has 0 radical (unpaired) electrons. The molecule has 2 aromatic rings. The van der Waals surface area contributed by atoms with Crippen molar-refractivity contribution < 1.29 is 18.9 Å². The standard InChI is InChI=1S/C22H29N3O4.HI/c1-6-28-18-8-7-17(12-21(18)27-5)25-22(23-3)24-13-16-11-20-15(9-14(2)29-20)10-19(16)26-4;/h7-8,10-12,14H,6,9,13H2,1-5H3,(H2,23,24,25);1H. The molecule has 0 saturated carbocycles. The van der Waals surface area contributed by atoms with E-state index < -0.39 is 0 Å². The lowest BCUT2D eigenvalue weighted by atomic mass is 10.1. The molecule has 1 unspecified atom stereocenters. The van der Waals surface area contributed by atoms with E-state index in [2.05, 4.69) is 28.6 Å². The van der Waals surface area contributed by atoms with E-state index in [1.165, 1.54) is 5.56 Å². The summed E-state index contributed by atoms with van der Waals surface area (Å²) in [4.78, 5) is 4.30. The summed E-state index contributed by atoms with van der Waals surface area (Å²) >= 11 is 0.